The summed E-state index contributed by atoms with van der Waals surface area (Å²) < 4.78 is 5.58. The van der Waals surface area contributed by atoms with Crippen molar-refractivity contribution in [2.24, 2.45) is 5.73 Å². The molecule has 0 aliphatic heterocycles. The van der Waals surface area contributed by atoms with Gasteiger partial charge in [-0.1, -0.05) is 0 Å². The fourth-order valence-electron chi connectivity index (χ4n) is 1.66. The normalized spacial score (nSPS) is 28.6. The molecule has 0 aromatic heterocycles. The van der Waals surface area contributed by atoms with Gasteiger partial charge >= 0.3 is 0 Å². The van der Waals surface area contributed by atoms with Gasteiger partial charge in [0.25, 0.3) is 0 Å². The third kappa shape index (κ3) is 3.63. The van der Waals surface area contributed by atoms with Gasteiger partial charge in [0.05, 0.1) is 5.60 Å². The molecule has 1 saturated carbocycles. The summed E-state index contributed by atoms with van der Waals surface area (Å²) in [4.78, 5) is 0. The molecule has 0 bridgehead atoms. The van der Waals surface area contributed by atoms with E-state index in [9.17, 15) is 0 Å². The molecular formula is C10H22N2O. The zero-order valence-corrected chi connectivity index (χ0v) is 8.97. The minimum absolute atomic E-state index is 0.0472. The highest BCUT2D eigenvalue weighted by Gasteiger charge is 2.27. The summed E-state index contributed by atoms with van der Waals surface area (Å²) >= 11 is 0. The van der Waals surface area contributed by atoms with E-state index in [1.54, 1.807) is 0 Å². The lowest BCUT2D eigenvalue weighted by atomic mass is 9.87. The Morgan fingerprint density at radius 3 is 2.54 bits per heavy atom. The van der Waals surface area contributed by atoms with Gasteiger partial charge in [-0.25, -0.2) is 0 Å². The van der Waals surface area contributed by atoms with Crippen LogP contribution in [0.15, 0.2) is 0 Å². The SMILES string of the molecule is CCOC(C)(C)CNC1CC(N)C1. The first-order chi connectivity index (χ1) is 6.03. The third-order valence-corrected chi connectivity index (χ3v) is 2.53. The summed E-state index contributed by atoms with van der Waals surface area (Å²) in [5, 5.41) is 3.47. The molecule has 3 nitrogen and oxygen atoms in total. The molecule has 1 aliphatic carbocycles. The van der Waals surface area contributed by atoms with Gasteiger partial charge in [0.1, 0.15) is 0 Å². The van der Waals surface area contributed by atoms with E-state index in [1.807, 2.05) is 6.92 Å². The van der Waals surface area contributed by atoms with Crippen molar-refractivity contribution in [1.82, 2.24) is 5.32 Å². The predicted octanol–water partition coefficient (Wildman–Crippen LogP) is 0.881. The molecular weight excluding hydrogens is 164 g/mol. The fraction of sp³-hybridized carbons (Fsp3) is 1.00. The van der Waals surface area contributed by atoms with Crippen LogP contribution in [0.25, 0.3) is 0 Å². The third-order valence-electron chi connectivity index (χ3n) is 2.53. The van der Waals surface area contributed by atoms with Crippen LogP contribution >= 0.6 is 0 Å². The van der Waals surface area contributed by atoms with Gasteiger partial charge in [0.15, 0.2) is 0 Å². The van der Waals surface area contributed by atoms with Crippen molar-refractivity contribution in [3.05, 3.63) is 0 Å². The number of ether oxygens (including phenoxy) is 1. The monoisotopic (exact) mass is 186 g/mol. The lowest BCUT2D eigenvalue weighted by Crippen LogP contribution is -2.52. The Balaban J connectivity index is 2.10. The molecule has 0 heterocycles. The Morgan fingerprint density at radius 2 is 2.08 bits per heavy atom. The summed E-state index contributed by atoms with van der Waals surface area (Å²) in [5.41, 5.74) is 5.65. The van der Waals surface area contributed by atoms with Gasteiger partial charge in [0, 0.05) is 25.2 Å². The summed E-state index contributed by atoms with van der Waals surface area (Å²) in [5.74, 6) is 0. The second-order valence-electron chi connectivity index (χ2n) is 4.50. The number of hydrogen-bond donors (Lipinski definition) is 2. The van der Waals surface area contributed by atoms with Crippen LogP contribution in [0.4, 0.5) is 0 Å². The lowest BCUT2D eigenvalue weighted by molar-refractivity contribution is -0.0127. The van der Waals surface area contributed by atoms with Crippen molar-refractivity contribution >= 4 is 0 Å². The van der Waals surface area contributed by atoms with Crippen molar-refractivity contribution < 1.29 is 4.74 Å². The molecule has 0 atom stereocenters. The second kappa shape index (κ2) is 4.40. The van der Waals surface area contributed by atoms with Gasteiger partial charge < -0.3 is 15.8 Å². The largest absolute Gasteiger partial charge is 0.375 e. The first kappa shape index (κ1) is 11.0. The standard InChI is InChI=1S/C10H22N2O/c1-4-13-10(2,3)7-12-9-5-8(11)6-9/h8-9,12H,4-7,11H2,1-3H3. The number of nitrogens with two attached hydrogens (primary N) is 1. The van der Waals surface area contributed by atoms with E-state index in [0.29, 0.717) is 12.1 Å². The van der Waals surface area contributed by atoms with Crippen molar-refractivity contribution in [3.63, 3.8) is 0 Å². The zero-order valence-electron chi connectivity index (χ0n) is 8.97. The number of hydrogen-bond acceptors (Lipinski definition) is 3. The van der Waals surface area contributed by atoms with E-state index >= 15 is 0 Å². The molecule has 0 saturated heterocycles. The smallest absolute Gasteiger partial charge is 0.0750 e. The summed E-state index contributed by atoms with van der Waals surface area (Å²) in [6.07, 6.45) is 2.23. The van der Waals surface area contributed by atoms with Crippen LogP contribution in [0.3, 0.4) is 0 Å². The van der Waals surface area contributed by atoms with Crippen molar-refractivity contribution in [1.29, 1.82) is 0 Å². The topological polar surface area (TPSA) is 47.3 Å². The highest BCUT2D eigenvalue weighted by Crippen LogP contribution is 2.18. The average Bonchev–Trinajstić information content (AvgIpc) is 1.96. The summed E-state index contributed by atoms with van der Waals surface area (Å²) in [7, 11) is 0. The lowest BCUT2D eigenvalue weighted by Gasteiger charge is -2.36. The molecule has 3 N–H and O–H groups in total. The van der Waals surface area contributed by atoms with Crippen LogP contribution in [0, 0.1) is 0 Å². The Bertz CT molecular complexity index is 153. The van der Waals surface area contributed by atoms with Crippen molar-refractivity contribution in [2.75, 3.05) is 13.2 Å². The molecule has 13 heavy (non-hydrogen) atoms. The van der Waals surface area contributed by atoms with Gasteiger partial charge in [-0.2, -0.15) is 0 Å². The molecule has 3 heteroatoms. The molecule has 1 aliphatic rings. The molecule has 0 aromatic rings. The minimum atomic E-state index is -0.0472. The van der Waals surface area contributed by atoms with Crippen LogP contribution in [0.5, 0.6) is 0 Å². The molecule has 0 unspecified atom stereocenters. The quantitative estimate of drug-likeness (QED) is 0.670. The number of rotatable bonds is 5. The zero-order chi connectivity index (χ0) is 9.90. The maximum atomic E-state index is 5.70. The van der Waals surface area contributed by atoms with Gasteiger partial charge in [-0.05, 0) is 33.6 Å². The maximum absolute atomic E-state index is 5.70. The Morgan fingerprint density at radius 1 is 1.46 bits per heavy atom. The molecule has 1 fully saturated rings. The van der Waals surface area contributed by atoms with E-state index in [0.717, 1.165) is 26.0 Å². The van der Waals surface area contributed by atoms with Crippen LogP contribution in [0.2, 0.25) is 0 Å². The Kier molecular flexibility index (Phi) is 3.71. The molecule has 1 rings (SSSR count). The first-order valence-electron chi connectivity index (χ1n) is 5.16. The van der Waals surface area contributed by atoms with Gasteiger partial charge in [0.2, 0.25) is 0 Å². The van der Waals surface area contributed by atoms with E-state index < -0.39 is 0 Å². The highest BCUT2D eigenvalue weighted by molar-refractivity contribution is 4.89. The van der Waals surface area contributed by atoms with E-state index in [4.69, 9.17) is 10.5 Å². The van der Waals surface area contributed by atoms with Crippen LogP contribution in [0.1, 0.15) is 33.6 Å². The Hall–Kier alpha value is -0.120. The van der Waals surface area contributed by atoms with E-state index in [2.05, 4.69) is 19.2 Å². The van der Waals surface area contributed by atoms with E-state index in [1.165, 1.54) is 0 Å². The molecule has 0 amide bonds. The molecule has 0 radical (unpaired) electrons. The minimum Gasteiger partial charge on any atom is -0.375 e. The average molecular weight is 186 g/mol. The van der Waals surface area contributed by atoms with Gasteiger partial charge in [-0.3, -0.25) is 0 Å². The highest BCUT2D eigenvalue weighted by atomic mass is 16.5. The predicted molar refractivity (Wildman–Crippen MR) is 54.7 cm³/mol. The molecule has 0 aromatic carbocycles. The second-order valence-corrected chi connectivity index (χ2v) is 4.50. The number of nitrogens with one attached hydrogen (secondary N) is 1. The molecule has 78 valence electrons. The van der Waals surface area contributed by atoms with Crippen LogP contribution < -0.4 is 11.1 Å². The van der Waals surface area contributed by atoms with Crippen molar-refractivity contribution in [3.8, 4) is 0 Å². The summed E-state index contributed by atoms with van der Waals surface area (Å²) in [6, 6.07) is 1.04. The van der Waals surface area contributed by atoms with E-state index in [-0.39, 0.29) is 5.60 Å². The Labute approximate surface area is 81.0 Å². The fourth-order valence-corrected chi connectivity index (χ4v) is 1.66. The van der Waals surface area contributed by atoms with Gasteiger partial charge in [-0.15, -0.1) is 0 Å². The van der Waals surface area contributed by atoms with Crippen molar-refractivity contribution in [2.45, 2.75) is 51.3 Å². The summed E-state index contributed by atoms with van der Waals surface area (Å²) in [6.45, 7) is 7.95. The maximum Gasteiger partial charge on any atom is 0.0750 e. The molecule has 0 spiro atoms. The first-order valence-corrected chi connectivity index (χ1v) is 5.16. The van der Waals surface area contributed by atoms with Crippen LogP contribution in [-0.2, 0) is 4.74 Å². The van der Waals surface area contributed by atoms with Crippen LogP contribution in [-0.4, -0.2) is 30.8 Å².